The van der Waals surface area contributed by atoms with Crippen molar-refractivity contribution in [2.24, 2.45) is 0 Å². The van der Waals surface area contributed by atoms with Crippen molar-refractivity contribution in [1.82, 2.24) is 19.4 Å². The molecule has 0 aliphatic carbocycles. The number of benzene rings is 1. The highest BCUT2D eigenvalue weighted by Gasteiger charge is 2.34. The third kappa shape index (κ3) is 8.72. The smallest absolute Gasteiger partial charge is 0.255 e. The van der Waals surface area contributed by atoms with Gasteiger partial charge < -0.3 is 25.0 Å². The summed E-state index contributed by atoms with van der Waals surface area (Å²) in [6, 6.07) is 11.5. The third-order valence-electron chi connectivity index (χ3n) is 6.79. The minimum Gasteiger partial charge on any atom is -0.388 e. The van der Waals surface area contributed by atoms with Crippen LogP contribution in [0, 0.1) is 0 Å². The maximum atomic E-state index is 12.6. The fourth-order valence-corrected chi connectivity index (χ4v) is 4.69. The zero-order valence-electron chi connectivity index (χ0n) is 21.7. The quantitative estimate of drug-likeness (QED) is 0.544. The van der Waals surface area contributed by atoms with Crippen LogP contribution in [0.25, 0.3) is 0 Å². The van der Waals surface area contributed by atoms with Crippen LogP contribution in [0.4, 0.5) is 5.82 Å². The van der Waals surface area contributed by atoms with E-state index in [2.05, 4.69) is 19.9 Å². The standard InChI is InChI=1S/C25H35N5O3.C2H6O/c31-23(9-8-21-6-2-1-3-7-21)29-15-10-25(33,11-16-29)19-30-20-27-22(18-24(30)32)26-12-17-28-13-4-5-14-28;1-3-2/h1-3,6-7,18,20,26,33H,4-5,8-17,19H2;1-2H3. The number of nitrogens with one attached hydrogen (secondary N) is 1. The van der Waals surface area contributed by atoms with E-state index >= 15 is 0 Å². The first-order valence-electron chi connectivity index (χ1n) is 12.9. The molecule has 0 atom stereocenters. The van der Waals surface area contributed by atoms with Crippen LogP contribution in [0.1, 0.15) is 37.7 Å². The number of anilines is 1. The van der Waals surface area contributed by atoms with Gasteiger partial charge in [0.2, 0.25) is 5.91 Å². The summed E-state index contributed by atoms with van der Waals surface area (Å²) in [5.74, 6) is 0.686. The number of nitrogens with zero attached hydrogens (tertiary/aromatic N) is 4. The van der Waals surface area contributed by atoms with Crippen molar-refractivity contribution in [3.05, 3.63) is 58.6 Å². The number of amides is 1. The van der Waals surface area contributed by atoms with E-state index in [-0.39, 0.29) is 18.0 Å². The lowest BCUT2D eigenvalue weighted by Crippen LogP contribution is -2.49. The van der Waals surface area contributed by atoms with Gasteiger partial charge >= 0.3 is 0 Å². The Morgan fingerprint density at radius 3 is 2.42 bits per heavy atom. The Morgan fingerprint density at radius 2 is 1.78 bits per heavy atom. The molecular formula is C27H41N5O4. The second kappa shape index (κ2) is 14.1. The summed E-state index contributed by atoms with van der Waals surface area (Å²) in [5, 5.41) is 14.3. The Hall–Kier alpha value is -2.75. The van der Waals surface area contributed by atoms with E-state index < -0.39 is 5.60 Å². The molecule has 2 N–H and O–H groups in total. The van der Waals surface area contributed by atoms with Gasteiger partial charge in [-0.05, 0) is 50.8 Å². The molecule has 36 heavy (non-hydrogen) atoms. The molecule has 0 unspecified atom stereocenters. The molecular weight excluding hydrogens is 458 g/mol. The second-order valence-electron chi connectivity index (χ2n) is 9.71. The maximum Gasteiger partial charge on any atom is 0.255 e. The highest BCUT2D eigenvalue weighted by molar-refractivity contribution is 5.76. The third-order valence-corrected chi connectivity index (χ3v) is 6.79. The summed E-state index contributed by atoms with van der Waals surface area (Å²) in [4.78, 5) is 33.7. The SMILES string of the molecule is COC.O=C(CCc1ccccc1)N1CCC(O)(Cn2cnc(NCCN3CCCC3)cc2=O)CC1. The molecule has 1 amide bonds. The van der Waals surface area contributed by atoms with Gasteiger partial charge in [-0.15, -0.1) is 0 Å². The molecule has 198 valence electrons. The molecule has 2 aromatic rings. The maximum absolute atomic E-state index is 12.6. The van der Waals surface area contributed by atoms with Crippen LogP contribution >= 0.6 is 0 Å². The van der Waals surface area contributed by atoms with Gasteiger partial charge in [0.15, 0.2) is 0 Å². The molecule has 0 saturated carbocycles. The van der Waals surface area contributed by atoms with Crippen molar-refractivity contribution in [2.45, 2.75) is 50.7 Å². The molecule has 1 aromatic heterocycles. The number of aryl methyl sites for hydroxylation is 1. The zero-order chi connectivity index (χ0) is 25.8. The number of hydrogen-bond donors (Lipinski definition) is 2. The summed E-state index contributed by atoms with van der Waals surface area (Å²) < 4.78 is 5.72. The van der Waals surface area contributed by atoms with Gasteiger partial charge in [0.25, 0.3) is 5.56 Å². The largest absolute Gasteiger partial charge is 0.388 e. The van der Waals surface area contributed by atoms with E-state index in [0.29, 0.717) is 38.2 Å². The lowest BCUT2D eigenvalue weighted by molar-refractivity contribution is -0.135. The van der Waals surface area contributed by atoms with Crippen molar-refractivity contribution in [2.75, 3.05) is 58.8 Å². The fourth-order valence-electron chi connectivity index (χ4n) is 4.69. The predicted molar refractivity (Wildman–Crippen MR) is 141 cm³/mol. The number of ether oxygens (including phenoxy) is 1. The topological polar surface area (TPSA) is 99.9 Å². The van der Waals surface area contributed by atoms with Crippen LogP contribution < -0.4 is 10.9 Å². The molecule has 0 radical (unpaired) electrons. The molecule has 9 heteroatoms. The Bertz CT molecular complexity index is 983. The Kier molecular flexibility index (Phi) is 10.9. The zero-order valence-corrected chi connectivity index (χ0v) is 21.7. The summed E-state index contributed by atoms with van der Waals surface area (Å²) in [6.45, 7) is 5.19. The number of rotatable bonds is 9. The fraction of sp³-hybridized carbons (Fsp3) is 0.593. The van der Waals surface area contributed by atoms with E-state index in [4.69, 9.17) is 0 Å². The normalized spacial score (nSPS) is 17.4. The van der Waals surface area contributed by atoms with Crippen molar-refractivity contribution >= 4 is 11.7 Å². The Labute approximate surface area is 214 Å². The van der Waals surface area contributed by atoms with Crippen molar-refractivity contribution in [3.63, 3.8) is 0 Å². The minimum absolute atomic E-state index is 0.115. The molecule has 1 aromatic carbocycles. The summed E-state index contributed by atoms with van der Waals surface area (Å²) >= 11 is 0. The molecule has 2 fully saturated rings. The van der Waals surface area contributed by atoms with Crippen LogP contribution in [0.3, 0.4) is 0 Å². The minimum atomic E-state index is -1.01. The lowest BCUT2D eigenvalue weighted by atomic mass is 9.91. The van der Waals surface area contributed by atoms with Gasteiger partial charge in [-0.25, -0.2) is 4.98 Å². The first-order valence-corrected chi connectivity index (χ1v) is 12.9. The lowest BCUT2D eigenvalue weighted by Gasteiger charge is -2.38. The van der Waals surface area contributed by atoms with Crippen LogP contribution in [-0.2, 0) is 22.5 Å². The van der Waals surface area contributed by atoms with Gasteiger partial charge in [-0.2, -0.15) is 0 Å². The predicted octanol–water partition coefficient (Wildman–Crippen LogP) is 2.00. The monoisotopic (exact) mass is 499 g/mol. The van der Waals surface area contributed by atoms with Crippen molar-refractivity contribution in [3.8, 4) is 0 Å². The number of aromatic nitrogens is 2. The van der Waals surface area contributed by atoms with Crippen LogP contribution in [0.5, 0.6) is 0 Å². The van der Waals surface area contributed by atoms with Crippen LogP contribution in [0.15, 0.2) is 47.5 Å². The number of carbonyl (C=O) groups excluding carboxylic acids is 1. The first kappa shape index (κ1) is 27.8. The number of aliphatic hydroxyl groups is 1. The van der Waals surface area contributed by atoms with E-state index in [0.717, 1.165) is 38.2 Å². The Balaban J connectivity index is 0.00000115. The summed E-state index contributed by atoms with van der Waals surface area (Å²) in [5.41, 5.74) is -0.0319. The van der Waals surface area contributed by atoms with Gasteiger partial charge in [-0.3, -0.25) is 14.2 Å². The molecule has 9 nitrogen and oxygen atoms in total. The van der Waals surface area contributed by atoms with Crippen LogP contribution in [0.2, 0.25) is 0 Å². The molecule has 3 heterocycles. The average molecular weight is 500 g/mol. The van der Waals surface area contributed by atoms with E-state index in [1.54, 1.807) is 14.2 Å². The van der Waals surface area contributed by atoms with Gasteiger partial charge in [0.1, 0.15) is 5.82 Å². The molecule has 0 spiro atoms. The summed E-state index contributed by atoms with van der Waals surface area (Å²) in [7, 11) is 3.25. The average Bonchev–Trinajstić information content (AvgIpc) is 3.39. The number of piperidine rings is 1. The summed E-state index contributed by atoms with van der Waals surface area (Å²) in [6.07, 6.45) is 6.13. The van der Waals surface area contributed by atoms with Gasteiger partial charge in [0.05, 0.1) is 18.5 Å². The molecule has 2 aliphatic rings. The van der Waals surface area contributed by atoms with Crippen molar-refractivity contribution in [1.29, 1.82) is 0 Å². The van der Waals surface area contributed by atoms with E-state index in [1.165, 1.54) is 29.8 Å². The number of carbonyl (C=O) groups is 1. The molecule has 0 bridgehead atoms. The van der Waals surface area contributed by atoms with Gasteiger partial charge in [-0.1, -0.05) is 30.3 Å². The number of methoxy groups -OCH3 is 1. The van der Waals surface area contributed by atoms with Crippen molar-refractivity contribution < 1.29 is 14.6 Å². The van der Waals surface area contributed by atoms with E-state index in [1.807, 2.05) is 35.2 Å². The highest BCUT2D eigenvalue weighted by Crippen LogP contribution is 2.24. The first-order chi connectivity index (χ1) is 17.4. The Morgan fingerprint density at radius 1 is 1.11 bits per heavy atom. The van der Waals surface area contributed by atoms with E-state index in [9.17, 15) is 14.7 Å². The van der Waals surface area contributed by atoms with Crippen LogP contribution in [-0.4, -0.2) is 89.5 Å². The second-order valence-corrected chi connectivity index (χ2v) is 9.71. The number of likely N-dealkylation sites (tertiary alicyclic amines) is 2. The van der Waals surface area contributed by atoms with Gasteiger partial charge in [0, 0.05) is 52.9 Å². The number of hydrogen-bond acceptors (Lipinski definition) is 7. The molecule has 2 saturated heterocycles. The highest BCUT2D eigenvalue weighted by atomic mass is 16.4. The molecule has 2 aliphatic heterocycles. The molecule has 4 rings (SSSR count).